The lowest BCUT2D eigenvalue weighted by atomic mass is 10.1. The third kappa shape index (κ3) is 3.13. The van der Waals surface area contributed by atoms with Gasteiger partial charge in [0.1, 0.15) is 17.5 Å². The molecule has 6 heteroatoms. The van der Waals surface area contributed by atoms with E-state index in [9.17, 15) is 9.59 Å². The molecule has 2 N–H and O–H groups in total. The zero-order chi connectivity index (χ0) is 18.1. The molecule has 0 bridgehead atoms. The van der Waals surface area contributed by atoms with Crippen LogP contribution in [0.15, 0.2) is 59.4 Å². The van der Waals surface area contributed by atoms with Crippen LogP contribution in [-0.2, 0) is 6.42 Å². The van der Waals surface area contributed by atoms with Gasteiger partial charge in [-0.25, -0.2) is 4.68 Å². The summed E-state index contributed by atoms with van der Waals surface area (Å²) in [6, 6.07) is 16.7. The molecule has 1 atom stereocenters. The van der Waals surface area contributed by atoms with E-state index in [4.69, 9.17) is 4.74 Å². The SMILES string of the molecule is Cc1ccc(-n2[nH]c(C(=O)NCC3Cc4ccccc4O3)cc2=O)cc1. The van der Waals surface area contributed by atoms with Crippen molar-refractivity contribution >= 4 is 5.91 Å². The van der Waals surface area contributed by atoms with E-state index in [1.807, 2.05) is 55.5 Å². The number of carbonyl (C=O) groups excluding carboxylic acids is 1. The zero-order valence-electron chi connectivity index (χ0n) is 14.4. The Bertz CT molecular complexity index is 977. The number of amides is 1. The maximum Gasteiger partial charge on any atom is 0.271 e. The Morgan fingerprint density at radius 1 is 1.23 bits per heavy atom. The molecule has 4 rings (SSSR count). The first-order chi connectivity index (χ1) is 12.6. The molecule has 0 saturated heterocycles. The van der Waals surface area contributed by atoms with Crippen molar-refractivity contribution in [2.45, 2.75) is 19.4 Å². The fourth-order valence-electron chi connectivity index (χ4n) is 3.07. The fourth-order valence-corrected chi connectivity index (χ4v) is 3.07. The lowest BCUT2D eigenvalue weighted by molar-refractivity contribution is 0.0928. The number of nitrogens with one attached hydrogen (secondary N) is 2. The van der Waals surface area contributed by atoms with Crippen LogP contribution >= 0.6 is 0 Å². The second-order valence-electron chi connectivity index (χ2n) is 6.44. The third-order valence-electron chi connectivity index (χ3n) is 4.46. The molecule has 26 heavy (non-hydrogen) atoms. The molecule has 1 aromatic heterocycles. The van der Waals surface area contributed by atoms with Crippen LogP contribution in [0.25, 0.3) is 5.69 Å². The average molecular weight is 349 g/mol. The highest BCUT2D eigenvalue weighted by Crippen LogP contribution is 2.27. The van der Waals surface area contributed by atoms with Gasteiger partial charge in [0, 0.05) is 12.5 Å². The molecule has 0 saturated carbocycles. The van der Waals surface area contributed by atoms with Crippen LogP contribution in [0.5, 0.6) is 5.75 Å². The van der Waals surface area contributed by atoms with Crippen molar-refractivity contribution in [2.24, 2.45) is 0 Å². The largest absolute Gasteiger partial charge is 0.488 e. The Hall–Kier alpha value is -3.28. The van der Waals surface area contributed by atoms with Gasteiger partial charge in [-0.15, -0.1) is 0 Å². The molecule has 2 heterocycles. The maximum absolute atomic E-state index is 12.4. The molecule has 1 aliphatic rings. The summed E-state index contributed by atoms with van der Waals surface area (Å²) >= 11 is 0. The molecule has 0 spiro atoms. The number of benzene rings is 2. The summed E-state index contributed by atoms with van der Waals surface area (Å²) < 4.78 is 7.17. The Kier molecular flexibility index (Phi) is 4.08. The molecular formula is C20H19N3O3. The van der Waals surface area contributed by atoms with Crippen LogP contribution in [0.1, 0.15) is 21.6 Å². The lowest BCUT2D eigenvalue weighted by Crippen LogP contribution is -2.34. The minimum atomic E-state index is -0.326. The van der Waals surface area contributed by atoms with E-state index in [1.54, 1.807) is 0 Å². The molecule has 3 aromatic rings. The van der Waals surface area contributed by atoms with Gasteiger partial charge >= 0.3 is 0 Å². The van der Waals surface area contributed by atoms with Gasteiger partial charge in [-0.05, 0) is 30.7 Å². The monoisotopic (exact) mass is 349 g/mol. The lowest BCUT2D eigenvalue weighted by Gasteiger charge is -2.11. The first-order valence-corrected chi connectivity index (χ1v) is 8.52. The van der Waals surface area contributed by atoms with Gasteiger partial charge in [0.2, 0.25) is 0 Å². The second kappa shape index (κ2) is 6.55. The molecule has 1 amide bonds. The van der Waals surface area contributed by atoms with E-state index >= 15 is 0 Å². The minimum Gasteiger partial charge on any atom is -0.488 e. The van der Waals surface area contributed by atoms with Crippen molar-refractivity contribution in [3.63, 3.8) is 0 Å². The number of para-hydroxylation sites is 1. The number of hydrogen-bond acceptors (Lipinski definition) is 3. The topological polar surface area (TPSA) is 76.1 Å². The van der Waals surface area contributed by atoms with Crippen molar-refractivity contribution in [1.29, 1.82) is 0 Å². The van der Waals surface area contributed by atoms with Gasteiger partial charge < -0.3 is 10.1 Å². The summed E-state index contributed by atoms with van der Waals surface area (Å²) in [4.78, 5) is 24.5. The first-order valence-electron chi connectivity index (χ1n) is 8.52. The van der Waals surface area contributed by atoms with E-state index in [-0.39, 0.29) is 23.3 Å². The van der Waals surface area contributed by atoms with Gasteiger partial charge in [0.05, 0.1) is 12.2 Å². The molecule has 1 unspecified atom stereocenters. The van der Waals surface area contributed by atoms with Gasteiger partial charge in [0.25, 0.3) is 11.5 Å². The molecule has 0 aliphatic carbocycles. The normalized spacial score (nSPS) is 15.3. The standard InChI is InChI=1S/C20H19N3O3/c1-13-6-8-15(9-7-13)23-19(24)11-17(22-23)20(25)21-12-16-10-14-4-2-3-5-18(14)26-16/h2-9,11,16,22H,10,12H2,1H3,(H,21,25). The van der Waals surface area contributed by atoms with Crippen LogP contribution < -0.4 is 15.6 Å². The summed E-state index contributed by atoms with van der Waals surface area (Å²) in [5.41, 5.74) is 2.89. The van der Waals surface area contributed by atoms with E-state index < -0.39 is 0 Å². The summed E-state index contributed by atoms with van der Waals surface area (Å²) in [5.74, 6) is 0.540. The predicted molar refractivity (Wildman–Crippen MR) is 98.0 cm³/mol. The number of aromatic amines is 1. The quantitative estimate of drug-likeness (QED) is 0.758. The van der Waals surface area contributed by atoms with Gasteiger partial charge in [0.15, 0.2) is 0 Å². The maximum atomic E-state index is 12.4. The average Bonchev–Trinajstić information content (AvgIpc) is 3.23. The summed E-state index contributed by atoms with van der Waals surface area (Å²) in [5, 5.41) is 5.69. The minimum absolute atomic E-state index is 0.0951. The molecular weight excluding hydrogens is 330 g/mol. The Morgan fingerprint density at radius 3 is 2.77 bits per heavy atom. The smallest absolute Gasteiger partial charge is 0.271 e. The van der Waals surface area contributed by atoms with Crippen LogP contribution in [0, 0.1) is 6.92 Å². The number of aryl methyl sites for hydroxylation is 1. The summed E-state index contributed by atoms with van der Waals surface area (Å²) in [6.07, 6.45) is 0.666. The van der Waals surface area contributed by atoms with Crippen molar-refractivity contribution < 1.29 is 9.53 Å². The molecule has 1 aliphatic heterocycles. The van der Waals surface area contributed by atoms with Crippen molar-refractivity contribution in [2.75, 3.05) is 6.54 Å². The van der Waals surface area contributed by atoms with Crippen LogP contribution in [0.2, 0.25) is 0 Å². The Balaban J connectivity index is 1.42. The molecule has 132 valence electrons. The number of fused-ring (bicyclic) bond motifs is 1. The van der Waals surface area contributed by atoms with E-state index in [0.717, 1.165) is 23.3 Å². The Labute approximate surface area is 150 Å². The predicted octanol–water partition coefficient (Wildman–Crippen LogP) is 2.21. The highest BCUT2D eigenvalue weighted by atomic mass is 16.5. The third-order valence-corrected chi connectivity index (χ3v) is 4.46. The van der Waals surface area contributed by atoms with Crippen molar-refractivity contribution in [1.82, 2.24) is 15.1 Å². The Morgan fingerprint density at radius 2 is 2.00 bits per heavy atom. The van der Waals surface area contributed by atoms with Crippen molar-refractivity contribution in [3.05, 3.63) is 81.8 Å². The van der Waals surface area contributed by atoms with E-state index in [0.29, 0.717) is 12.2 Å². The van der Waals surface area contributed by atoms with Gasteiger partial charge in [-0.3, -0.25) is 14.7 Å². The highest BCUT2D eigenvalue weighted by molar-refractivity contribution is 5.92. The highest BCUT2D eigenvalue weighted by Gasteiger charge is 2.23. The molecule has 2 aromatic carbocycles. The number of rotatable bonds is 4. The number of nitrogens with zero attached hydrogens (tertiary/aromatic N) is 1. The van der Waals surface area contributed by atoms with Gasteiger partial charge in [-0.2, -0.15) is 0 Å². The van der Waals surface area contributed by atoms with Crippen LogP contribution in [0.4, 0.5) is 0 Å². The zero-order valence-corrected chi connectivity index (χ0v) is 14.4. The number of ether oxygens (including phenoxy) is 1. The molecule has 0 fully saturated rings. The summed E-state index contributed by atoms with van der Waals surface area (Å²) in [7, 11) is 0. The van der Waals surface area contributed by atoms with Gasteiger partial charge in [-0.1, -0.05) is 35.9 Å². The second-order valence-corrected chi connectivity index (χ2v) is 6.44. The van der Waals surface area contributed by atoms with E-state index in [2.05, 4.69) is 10.4 Å². The van der Waals surface area contributed by atoms with Crippen LogP contribution in [0.3, 0.4) is 0 Å². The first kappa shape index (κ1) is 16.2. The van der Waals surface area contributed by atoms with Crippen molar-refractivity contribution in [3.8, 4) is 11.4 Å². The number of aromatic nitrogens is 2. The van der Waals surface area contributed by atoms with Crippen LogP contribution in [-0.4, -0.2) is 28.3 Å². The molecule has 0 radical (unpaired) electrons. The van der Waals surface area contributed by atoms with E-state index in [1.165, 1.54) is 10.7 Å². The number of H-pyrrole nitrogens is 1. The molecule has 6 nitrogen and oxygen atoms in total. The summed E-state index contributed by atoms with van der Waals surface area (Å²) in [6.45, 7) is 2.36. The fraction of sp³-hybridized carbons (Fsp3) is 0.200. The number of carbonyl (C=O) groups is 1. The number of hydrogen-bond donors (Lipinski definition) is 2.